The number of nitrogens with one attached hydrogen (secondary N) is 3. The molecule has 0 spiro atoms. The van der Waals surface area contributed by atoms with Gasteiger partial charge in [0.15, 0.2) is 5.82 Å². The van der Waals surface area contributed by atoms with E-state index in [1.165, 1.54) is 17.9 Å². The van der Waals surface area contributed by atoms with Crippen molar-refractivity contribution in [2.45, 2.75) is 0 Å². The molecule has 0 aliphatic carbocycles. The molecule has 23 heavy (non-hydrogen) atoms. The predicted molar refractivity (Wildman–Crippen MR) is 87.7 cm³/mol. The molecule has 1 heterocycles. The molecule has 9 heteroatoms. The Labute approximate surface area is 142 Å². The number of halogens is 3. The Kier molecular flexibility index (Phi) is 4.20. The lowest BCUT2D eigenvalue weighted by molar-refractivity contribution is 0.0707. The van der Waals surface area contributed by atoms with Crippen molar-refractivity contribution in [1.29, 1.82) is 0 Å². The SMILES string of the molecule is O=C(NO)c1cc2[nH]cnc2c(F)c1Nc1ccc(Br)cc1Cl. The van der Waals surface area contributed by atoms with Crippen molar-refractivity contribution >= 4 is 55.8 Å². The van der Waals surface area contributed by atoms with Gasteiger partial charge in [0.05, 0.1) is 33.8 Å². The van der Waals surface area contributed by atoms with E-state index in [9.17, 15) is 9.18 Å². The number of aromatic amines is 1. The number of carbonyl (C=O) groups excluding carboxylic acids is 1. The fourth-order valence-corrected chi connectivity index (χ4v) is 2.85. The molecule has 3 rings (SSSR count). The summed E-state index contributed by atoms with van der Waals surface area (Å²) in [5.74, 6) is -1.60. The lowest BCUT2D eigenvalue weighted by Crippen LogP contribution is -2.20. The summed E-state index contributed by atoms with van der Waals surface area (Å²) >= 11 is 9.38. The minimum atomic E-state index is -0.865. The maximum atomic E-state index is 14.7. The van der Waals surface area contributed by atoms with Crippen molar-refractivity contribution in [2.24, 2.45) is 0 Å². The van der Waals surface area contributed by atoms with Gasteiger partial charge in [0.1, 0.15) is 5.52 Å². The molecule has 4 N–H and O–H groups in total. The van der Waals surface area contributed by atoms with E-state index in [1.807, 2.05) is 0 Å². The highest BCUT2D eigenvalue weighted by Crippen LogP contribution is 2.33. The third-order valence-corrected chi connectivity index (χ3v) is 4.00. The van der Waals surface area contributed by atoms with Gasteiger partial charge in [-0.05, 0) is 24.3 Å². The van der Waals surface area contributed by atoms with E-state index < -0.39 is 11.7 Å². The number of anilines is 2. The second-order valence-electron chi connectivity index (χ2n) is 4.60. The quantitative estimate of drug-likeness (QED) is 0.396. The molecule has 0 bridgehead atoms. The molecular weight excluding hydrogens is 391 g/mol. The Morgan fingerprint density at radius 2 is 2.17 bits per heavy atom. The number of hydroxylamine groups is 1. The molecule has 118 valence electrons. The third kappa shape index (κ3) is 2.88. The summed E-state index contributed by atoms with van der Waals surface area (Å²) in [7, 11) is 0. The molecule has 0 fully saturated rings. The van der Waals surface area contributed by atoms with Crippen LogP contribution in [0.15, 0.2) is 35.1 Å². The first-order valence-electron chi connectivity index (χ1n) is 6.33. The molecule has 6 nitrogen and oxygen atoms in total. The van der Waals surface area contributed by atoms with Crippen LogP contribution in [0.5, 0.6) is 0 Å². The minimum absolute atomic E-state index is 0.0650. The minimum Gasteiger partial charge on any atom is -0.351 e. The fourth-order valence-electron chi connectivity index (χ4n) is 2.13. The summed E-state index contributed by atoms with van der Waals surface area (Å²) in [6.45, 7) is 0. The average Bonchev–Trinajstić information content (AvgIpc) is 3.00. The first kappa shape index (κ1) is 15.7. The van der Waals surface area contributed by atoms with E-state index in [0.29, 0.717) is 16.2 Å². The molecule has 0 unspecified atom stereocenters. The molecule has 0 atom stereocenters. The van der Waals surface area contributed by atoms with Crippen LogP contribution >= 0.6 is 27.5 Å². The second-order valence-corrected chi connectivity index (χ2v) is 5.92. The number of carbonyl (C=O) groups is 1. The van der Waals surface area contributed by atoms with Crippen LogP contribution in [0.1, 0.15) is 10.4 Å². The molecular formula is C14H9BrClFN4O2. The number of benzene rings is 2. The average molecular weight is 400 g/mol. The highest BCUT2D eigenvalue weighted by Gasteiger charge is 2.21. The standard InChI is InChI=1S/C14H9BrClFN4O2/c15-6-1-2-9(8(16)3-6)20-12-7(14(22)21-23)4-10-13(11(12)17)19-5-18-10/h1-5,20,23H,(H,18,19)(H,21,22). The van der Waals surface area contributed by atoms with Gasteiger partial charge in [0.2, 0.25) is 0 Å². The van der Waals surface area contributed by atoms with Gasteiger partial charge in [-0.3, -0.25) is 10.0 Å². The maximum Gasteiger partial charge on any atom is 0.276 e. The molecule has 3 aromatic rings. The Morgan fingerprint density at radius 1 is 1.39 bits per heavy atom. The van der Waals surface area contributed by atoms with Gasteiger partial charge in [-0.25, -0.2) is 14.9 Å². The number of fused-ring (bicyclic) bond motifs is 1. The highest BCUT2D eigenvalue weighted by molar-refractivity contribution is 9.10. The zero-order chi connectivity index (χ0) is 16.6. The van der Waals surface area contributed by atoms with Crippen molar-refractivity contribution < 1.29 is 14.4 Å². The van der Waals surface area contributed by atoms with Crippen molar-refractivity contribution in [3.05, 3.63) is 51.5 Å². The van der Waals surface area contributed by atoms with Gasteiger partial charge >= 0.3 is 0 Å². The zero-order valence-electron chi connectivity index (χ0n) is 11.3. The number of nitrogens with zero attached hydrogens (tertiary/aromatic N) is 1. The zero-order valence-corrected chi connectivity index (χ0v) is 13.7. The number of hydrogen-bond acceptors (Lipinski definition) is 4. The van der Waals surface area contributed by atoms with Gasteiger partial charge in [0.25, 0.3) is 5.91 Å². The monoisotopic (exact) mass is 398 g/mol. The molecule has 2 aromatic carbocycles. The lowest BCUT2D eigenvalue weighted by Gasteiger charge is -2.14. The number of hydrogen-bond donors (Lipinski definition) is 4. The number of imidazole rings is 1. The fraction of sp³-hybridized carbons (Fsp3) is 0. The van der Waals surface area contributed by atoms with Gasteiger partial charge in [-0.2, -0.15) is 0 Å². The second kappa shape index (κ2) is 6.15. The Bertz CT molecular complexity index is 915. The summed E-state index contributed by atoms with van der Waals surface area (Å²) in [4.78, 5) is 18.4. The Morgan fingerprint density at radius 3 is 2.87 bits per heavy atom. The van der Waals surface area contributed by atoms with Crippen LogP contribution in [-0.2, 0) is 0 Å². The first-order chi connectivity index (χ1) is 11.0. The summed E-state index contributed by atoms with van der Waals surface area (Å²) < 4.78 is 15.5. The van der Waals surface area contributed by atoms with Crippen LogP contribution in [0.25, 0.3) is 11.0 Å². The first-order valence-corrected chi connectivity index (χ1v) is 7.50. The smallest absolute Gasteiger partial charge is 0.276 e. The normalized spacial score (nSPS) is 10.8. The number of amides is 1. The van der Waals surface area contributed by atoms with E-state index in [-0.39, 0.29) is 16.8 Å². The number of rotatable bonds is 3. The summed E-state index contributed by atoms with van der Waals surface area (Å²) in [6.07, 6.45) is 1.31. The van der Waals surface area contributed by atoms with E-state index in [1.54, 1.807) is 18.2 Å². The molecule has 1 aromatic heterocycles. The molecule has 0 saturated carbocycles. The topological polar surface area (TPSA) is 90.0 Å². The molecule has 0 saturated heterocycles. The largest absolute Gasteiger partial charge is 0.351 e. The van der Waals surface area contributed by atoms with Crippen molar-refractivity contribution in [2.75, 3.05) is 5.32 Å². The van der Waals surface area contributed by atoms with Crippen LogP contribution in [0.2, 0.25) is 5.02 Å². The van der Waals surface area contributed by atoms with Crippen LogP contribution in [-0.4, -0.2) is 21.1 Å². The van der Waals surface area contributed by atoms with Gasteiger partial charge in [-0.15, -0.1) is 0 Å². The molecule has 0 radical (unpaired) electrons. The summed E-state index contributed by atoms with van der Waals surface area (Å²) in [6, 6.07) is 6.35. The van der Waals surface area contributed by atoms with Crippen molar-refractivity contribution in [1.82, 2.24) is 15.4 Å². The number of H-pyrrole nitrogens is 1. The maximum absolute atomic E-state index is 14.7. The lowest BCUT2D eigenvalue weighted by atomic mass is 10.1. The Balaban J connectivity index is 2.17. The van der Waals surface area contributed by atoms with Crippen LogP contribution < -0.4 is 10.8 Å². The summed E-state index contributed by atoms with van der Waals surface area (Å²) in [5, 5.41) is 12.0. The predicted octanol–water partition coefficient (Wildman–Crippen LogP) is 3.98. The van der Waals surface area contributed by atoms with Crippen molar-refractivity contribution in [3.63, 3.8) is 0 Å². The van der Waals surface area contributed by atoms with Gasteiger partial charge in [-0.1, -0.05) is 27.5 Å². The van der Waals surface area contributed by atoms with Crippen molar-refractivity contribution in [3.8, 4) is 0 Å². The summed E-state index contributed by atoms with van der Waals surface area (Å²) in [5.41, 5.74) is 2.05. The van der Waals surface area contributed by atoms with Crippen LogP contribution in [0.3, 0.4) is 0 Å². The van der Waals surface area contributed by atoms with Crippen LogP contribution in [0, 0.1) is 5.82 Å². The van der Waals surface area contributed by atoms with Gasteiger partial charge < -0.3 is 10.3 Å². The van der Waals surface area contributed by atoms with Gasteiger partial charge in [0, 0.05) is 4.47 Å². The van der Waals surface area contributed by atoms with E-state index in [4.69, 9.17) is 16.8 Å². The molecule has 1 amide bonds. The number of aromatic nitrogens is 2. The Hall–Kier alpha value is -2.16. The highest BCUT2D eigenvalue weighted by atomic mass is 79.9. The molecule has 0 aliphatic rings. The van der Waals surface area contributed by atoms with E-state index in [0.717, 1.165) is 4.47 Å². The third-order valence-electron chi connectivity index (χ3n) is 3.19. The molecule has 0 aliphatic heterocycles. The van der Waals surface area contributed by atoms with Crippen LogP contribution in [0.4, 0.5) is 15.8 Å². The van der Waals surface area contributed by atoms with E-state index in [2.05, 4.69) is 31.2 Å². The van der Waals surface area contributed by atoms with E-state index >= 15 is 0 Å².